The average Bonchev–Trinajstić information content (AvgIpc) is 3.40. The largest absolute Gasteiger partial charge is 0.456 e. The van der Waals surface area contributed by atoms with E-state index in [9.17, 15) is 19.2 Å². The zero-order valence-electron chi connectivity index (χ0n) is 25.3. The number of nitrogens with one attached hydrogen (secondary N) is 1. The number of rotatable bonds is 11. The lowest BCUT2D eigenvalue weighted by atomic mass is 9.78. The van der Waals surface area contributed by atoms with E-state index in [2.05, 4.69) is 36.1 Å². The average molecular weight is 575 g/mol. The van der Waals surface area contributed by atoms with Crippen molar-refractivity contribution in [1.82, 2.24) is 14.5 Å². The number of ketones is 1. The van der Waals surface area contributed by atoms with Crippen molar-refractivity contribution >= 4 is 40.5 Å². The van der Waals surface area contributed by atoms with Crippen molar-refractivity contribution in [2.45, 2.75) is 92.8 Å². The molecule has 0 radical (unpaired) electrons. The summed E-state index contributed by atoms with van der Waals surface area (Å²) in [6.07, 6.45) is 0.464. The van der Waals surface area contributed by atoms with Crippen LogP contribution in [-0.2, 0) is 33.3 Å². The SMILES string of the molecule is CCC(C)C(CC(C)(C)C)C(=O)Nc1ncnc2c1c(C(C)=O)cn2[C@@H]1O[C@H](COC)C(OC(C)=O)[C@@H]1OC(C)=O. The molecule has 0 aromatic carbocycles. The maximum absolute atomic E-state index is 13.6. The quantitative estimate of drug-likeness (QED) is 0.307. The molecule has 6 atom stereocenters. The van der Waals surface area contributed by atoms with Crippen molar-refractivity contribution in [3.63, 3.8) is 0 Å². The molecule has 1 amide bonds. The summed E-state index contributed by atoms with van der Waals surface area (Å²) < 4.78 is 24.1. The number of hydrogen-bond donors (Lipinski definition) is 1. The van der Waals surface area contributed by atoms with E-state index in [1.54, 1.807) is 4.57 Å². The summed E-state index contributed by atoms with van der Waals surface area (Å²) in [6, 6.07) is 0. The Morgan fingerprint density at radius 1 is 1.07 bits per heavy atom. The molecule has 226 valence electrons. The molecule has 3 unspecified atom stereocenters. The Hall–Kier alpha value is -3.38. The summed E-state index contributed by atoms with van der Waals surface area (Å²) in [5.41, 5.74) is 0.442. The predicted octanol–water partition coefficient (Wildman–Crippen LogP) is 4.08. The van der Waals surface area contributed by atoms with Gasteiger partial charge in [-0.2, -0.15) is 0 Å². The number of anilines is 1. The van der Waals surface area contributed by atoms with Gasteiger partial charge in [-0.3, -0.25) is 19.2 Å². The van der Waals surface area contributed by atoms with Gasteiger partial charge in [0.15, 0.2) is 24.2 Å². The first-order valence-corrected chi connectivity index (χ1v) is 13.8. The van der Waals surface area contributed by atoms with Gasteiger partial charge in [-0.05, 0) is 24.7 Å². The van der Waals surface area contributed by atoms with Gasteiger partial charge < -0.3 is 28.8 Å². The molecular weight excluding hydrogens is 532 g/mol. The topological polar surface area (TPSA) is 148 Å². The van der Waals surface area contributed by atoms with Crippen molar-refractivity contribution in [2.24, 2.45) is 17.3 Å². The highest BCUT2D eigenvalue weighted by Gasteiger charge is 2.50. The van der Waals surface area contributed by atoms with E-state index in [0.717, 1.165) is 6.42 Å². The Kier molecular flexibility index (Phi) is 10.2. The Labute approximate surface area is 240 Å². The predicted molar refractivity (Wildman–Crippen MR) is 150 cm³/mol. The molecular formula is C29H42N4O8. The first kappa shape index (κ1) is 32.1. The molecule has 41 heavy (non-hydrogen) atoms. The summed E-state index contributed by atoms with van der Waals surface area (Å²) in [5.74, 6) is -1.65. The zero-order chi connectivity index (χ0) is 30.6. The second-order valence-corrected chi connectivity index (χ2v) is 11.8. The van der Waals surface area contributed by atoms with Crippen LogP contribution in [0.1, 0.15) is 84.8 Å². The summed E-state index contributed by atoms with van der Waals surface area (Å²) in [5, 5.41) is 3.29. The minimum atomic E-state index is -1.07. The van der Waals surface area contributed by atoms with Crippen LogP contribution in [0.25, 0.3) is 11.0 Å². The Morgan fingerprint density at radius 2 is 1.71 bits per heavy atom. The van der Waals surface area contributed by atoms with Crippen LogP contribution in [0.2, 0.25) is 0 Å². The van der Waals surface area contributed by atoms with E-state index in [4.69, 9.17) is 18.9 Å². The monoisotopic (exact) mass is 574 g/mol. The van der Waals surface area contributed by atoms with Gasteiger partial charge in [0.2, 0.25) is 5.91 Å². The van der Waals surface area contributed by atoms with E-state index >= 15 is 0 Å². The van der Waals surface area contributed by atoms with Crippen molar-refractivity contribution in [1.29, 1.82) is 0 Å². The third-order valence-corrected chi connectivity index (χ3v) is 7.22. The number of fused-ring (bicyclic) bond motifs is 1. The van der Waals surface area contributed by atoms with Gasteiger partial charge in [0.1, 0.15) is 23.9 Å². The Balaban J connectivity index is 2.12. The van der Waals surface area contributed by atoms with Crippen LogP contribution in [0, 0.1) is 17.3 Å². The van der Waals surface area contributed by atoms with Gasteiger partial charge >= 0.3 is 11.9 Å². The van der Waals surface area contributed by atoms with E-state index in [1.807, 2.05) is 13.8 Å². The normalized spacial score (nSPS) is 22.3. The van der Waals surface area contributed by atoms with Crippen LogP contribution in [0.3, 0.4) is 0 Å². The second-order valence-electron chi connectivity index (χ2n) is 11.8. The number of hydrogen-bond acceptors (Lipinski definition) is 10. The van der Waals surface area contributed by atoms with Crippen LogP contribution in [0.15, 0.2) is 12.5 Å². The fourth-order valence-corrected chi connectivity index (χ4v) is 5.23. The maximum atomic E-state index is 13.6. The highest BCUT2D eigenvalue weighted by Crippen LogP contribution is 2.39. The van der Waals surface area contributed by atoms with Crippen molar-refractivity contribution < 1.29 is 38.1 Å². The molecule has 1 aliphatic rings. The molecule has 12 heteroatoms. The molecule has 1 fully saturated rings. The number of carbonyl (C=O) groups is 4. The first-order chi connectivity index (χ1) is 19.2. The van der Waals surface area contributed by atoms with Crippen LogP contribution in [0.5, 0.6) is 0 Å². The molecule has 1 saturated heterocycles. The number of ether oxygens (including phenoxy) is 4. The van der Waals surface area contributed by atoms with Crippen molar-refractivity contribution in [3.05, 3.63) is 18.1 Å². The molecule has 3 heterocycles. The lowest BCUT2D eigenvalue weighted by Crippen LogP contribution is -2.40. The van der Waals surface area contributed by atoms with Gasteiger partial charge in [-0.1, -0.05) is 41.0 Å². The highest BCUT2D eigenvalue weighted by atomic mass is 16.7. The Bertz CT molecular complexity index is 1280. The number of esters is 2. The van der Waals surface area contributed by atoms with E-state index in [1.165, 1.54) is 40.4 Å². The fraction of sp³-hybridized carbons (Fsp3) is 0.655. The zero-order valence-corrected chi connectivity index (χ0v) is 25.3. The minimum Gasteiger partial charge on any atom is -0.456 e. The van der Waals surface area contributed by atoms with E-state index in [0.29, 0.717) is 11.8 Å². The molecule has 0 saturated carbocycles. The van der Waals surface area contributed by atoms with Crippen molar-refractivity contribution in [2.75, 3.05) is 19.0 Å². The highest BCUT2D eigenvalue weighted by molar-refractivity contribution is 6.12. The maximum Gasteiger partial charge on any atom is 0.303 e. The van der Waals surface area contributed by atoms with E-state index < -0.39 is 36.5 Å². The van der Waals surface area contributed by atoms with Crippen LogP contribution in [0.4, 0.5) is 5.82 Å². The summed E-state index contributed by atoms with van der Waals surface area (Å²) in [4.78, 5) is 59.2. The molecule has 2 aromatic rings. The molecule has 2 aromatic heterocycles. The van der Waals surface area contributed by atoms with Crippen LogP contribution >= 0.6 is 0 Å². The summed E-state index contributed by atoms with van der Waals surface area (Å²) >= 11 is 0. The smallest absolute Gasteiger partial charge is 0.303 e. The third-order valence-electron chi connectivity index (χ3n) is 7.22. The second kappa shape index (κ2) is 13.1. The van der Waals surface area contributed by atoms with Crippen LogP contribution < -0.4 is 5.32 Å². The Morgan fingerprint density at radius 3 is 2.24 bits per heavy atom. The first-order valence-electron chi connectivity index (χ1n) is 13.8. The molecule has 0 aliphatic carbocycles. The molecule has 12 nitrogen and oxygen atoms in total. The fourth-order valence-electron chi connectivity index (χ4n) is 5.23. The number of aromatic nitrogens is 3. The third kappa shape index (κ3) is 7.48. The van der Waals surface area contributed by atoms with E-state index in [-0.39, 0.29) is 52.6 Å². The standard InChI is InChI=1S/C29H42N4O8/c1-10-15(2)19(11-29(6,7)8)27(37)32-25-22-20(16(3)34)12-33(26(22)31-14-30-25)28-24(40-18(5)36)23(39-17(4)35)21(41-28)13-38-9/h12,14-15,19,21,23-24,28H,10-11,13H2,1-9H3,(H,30,31,32,37)/t15?,19?,21-,23?,24+,28-/m1/s1. The lowest BCUT2D eigenvalue weighted by Gasteiger charge is -2.29. The van der Waals surface area contributed by atoms with Gasteiger partial charge in [0, 0.05) is 38.6 Å². The van der Waals surface area contributed by atoms with Gasteiger partial charge in [-0.15, -0.1) is 0 Å². The number of methoxy groups -OCH3 is 1. The summed E-state index contributed by atoms with van der Waals surface area (Å²) in [6.45, 7) is 14.3. The molecule has 1 aliphatic heterocycles. The van der Waals surface area contributed by atoms with Crippen molar-refractivity contribution in [3.8, 4) is 0 Å². The molecule has 1 N–H and O–H groups in total. The number of amides is 1. The molecule has 0 spiro atoms. The molecule has 0 bridgehead atoms. The number of carbonyl (C=O) groups excluding carboxylic acids is 4. The van der Waals surface area contributed by atoms with Gasteiger partial charge in [0.25, 0.3) is 0 Å². The van der Waals surface area contributed by atoms with Gasteiger partial charge in [0.05, 0.1) is 12.0 Å². The number of nitrogens with zero attached hydrogens (tertiary/aromatic N) is 3. The van der Waals surface area contributed by atoms with Crippen LogP contribution in [-0.4, -0.2) is 70.2 Å². The number of Topliss-reactive ketones (excluding diaryl/α,β-unsaturated/α-hetero) is 1. The lowest BCUT2D eigenvalue weighted by molar-refractivity contribution is -0.165. The summed E-state index contributed by atoms with van der Waals surface area (Å²) in [7, 11) is 1.47. The molecule has 3 rings (SSSR count). The van der Waals surface area contributed by atoms with Gasteiger partial charge in [-0.25, -0.2) is 9.97 Å². The minimum absolute atomic E-state index is 0.0477.